The Morgan fingerprint density at radius 2 is 1.62 bits per heavy atom. The maximum Gasteiger partial charge on any atom is 0.207 e. The molecule has 2 heterocycles. The van der Waals surface area contributed by atoms with Crippen molar-refractivity contribution in [2.75, 3.05) is 59.0 Å². The molecular formula is C16H31N3O2. The van der Waals surface area contributed by atoms with Gasteiger partial charge in [0, 0.05) is 45.9 Å². The second-order valence-electron chi connectivity index (χ2n) is 6.31. The molecule has 5 heteroatoms. The molecule has 0 aromatic rings. The van der Waals surface area contributed by atoms with Gasteiger partial charge < -0.3 is 19.9 Å². The zero-order chi connectivity index (χ0) is 14.8. The van der Waals surface area contributed by atoms with Crippen LogP contribution in [0.5, 0.6) is 0 Å². The molecule has 5 nitrogen and oxygen atoms in total. The van der Waals surface area contributed by atoms with Crippen LogP contribution in [0, 0.1) is 5.92 Å². The lowest BCUT2D eigenvalue weighted by Gasteiger charge is -2.35. The third-order valence-corrected chi connectivity index (χ3v) is 4.77. The number of carbonyl (C=O) groups is 1. The van der Waals surface area contributed by atoms with Crippen molar-refractivity contribution in [3.63, 3.8) is 0 Å². The summed E-state index contributed by atoms with van der Waals surface area (Å²) in [6.45, 7) is 9.88. The number of nitrogens with zero attached hydrogens (tertiary/aromatic N) is 2. The van der Waals surface area contributed by atoms with E-state index >= 15 is 0 Å². The van der Waals surface area contributed by atoms with E-state index in [1.807, 2.05) is 0 Å². The Hall–Kier alpha value is -0.650. The SMILES string of the molecule is O=CNCCCN1CCN(CCCC2CCOCC2)CC1. The van der Waals surface area contributed by atoms with Crippen LogP contribution in [-0.2, 0) is 9.53 Å². The minimum atomic E-state index is 0.788. The van der Waals surface area contributed by atoms with Crippen LogP contribution in [0.15, 0.2) is 0 Å². The zero-order valence-corrected chi connectivity index (χ0v) is 13.3. The summed E-state index contributed by atoms with van der Waals surface area (Å²) in [7, 11) is 0. The fourth-order valence-corrected chi connectivity index (χ4v) is 3.34. The molecule has 0 spiro atoms. The third kappa shape index (κ3) is 6.76. The van der Waals surface area contributed by atoms with Crippen LogP contribution in [-0.4, -0.2) is 75.2 Å². The van der Waals surface area contributed by atoms with Crippen molar-refractivity contribution in [3.8, 4) is 0 Å². The van der Waals surface area contributed by atoms with Crippen LogP contribution >= 0.6 is 0 Å². The van der Waals surface area contributed by atoms with Crippen LogP contribution in [0.1, 0.15) is 32.1 Å². The van der Waals surface area contributed by atoms with Gasteiger partial charge in [-0.25, -0.2) is 0 Å². The number of carbonyl (C=O) groups excluding carboxylic acids is 1. The highest BCUT2D eigenvalue weighted by Gasteiger charge is 2.17. The van der Waals surface area contributed by atoms with E-state index in [-0.39, 0.29) is 0 Å². The van der Waals surface area contributed by atoms with Gasteiger partial charge in [-0.3, -0.25) is 4.79 Å². The van der Waals surface area contributed by atoms with Crippen molar-refractivity contribution in [2.45, 2.75) is 32.1 Å². The minimum absolute atomic E-state index is 0.788. The van der Waals surface area contributed by atoms with E-state index < -0.39 is 0 Å². The fraction of sp³-hybridized carbons (Fsp3) is 0.938. The van der Waals surface area contributed by atoms with E-state index in [9.17, 15) is 4.79 Å². The lowest BCUT2D eigenvalue weighted by atomic mass is 9.95. The van der Waals surface area contributed by atoms with Crippen molar-refractivity contribution in [2.24, 2.45) is 5.92 Å². The number of piperazine rings is 1. The monoisotopic (exact) mass is 297 g/mol. The predicted octanol–water partition coefficient (Wildman–Crippen LogP) is 0.947. The molecule has 1 amide bonds. The molecule has 2 aliphatic heterocycles. The third-order valence-electron chi connectivity index (χ3n) is 4.77. The van der Waals surface area contributed by atoms with Crippen LogP contribution in [0.25, 0.3) is 0 Å². The van der Waals surface area contributed by atoms with E-state index in [1.54, 1.807) is 0 Å². The Morgan fingerprint density at radius 3 is 2.24 bits per heavy atom. The quantitative estimate of drug-likeness (QED) is 0.508. The summed E-state index contributed by atoms with van der Waals surface area (Å²) in [6, 6.07) is 0. The summed E-state index contributed by atoms with van der Waals surface area (Å²) in [5.41, 5.74) is 0. The standard InChI is InChI=1S/C16H31N3O2/c20-15-17-6-2-8-19-11-9-18(10-12-19)7-1-3-16-4-13-21-14-5-16/h15-16H,1-14H2,(H,17,20). The summed E-state index contributed by atoms with van der Waals surface area (Å²) < 4.78 is 5.42. The average Bonchev–Trinajstić information content (AvgIpc) is 2.54. The van der Waals surface area contributed by atoms with Crippen LogP contribution in [0.2, 0.25) is 0 Å². The second kappa shape index (κ2) is 10.1. The first kappa shape index (κ1) is 16.7. The van der Waals surface area contributed by atoms with Gasteiger partial charge in [0.2, 0.25) is 6.41 Å². The molecule has 0 unspecified atom stereocenters. The van der Waals surface area contributed by atoms with E-state index in [1.165, 1.54) is 58.4 Å². The molecule has 21 heavy (non-hydrogen) atoms. The van der Waals surface area contributed by atoms with Crippen LogP contribution in [0.4, 0.5) is 0 Å². The van der Waals surface area contributed by atoms with Crippen molar-refractivity contribution >= 4 is 6.41 Å². The van der Waals surface area contributed by atoms with Crippen LogP contribution < -0.4 is 5.32 Å². The first-order chi connectivity index (χ1) is 10.4. The van der Waals surface area contributed by atoms with E-state index in [2.05, 4.69) is 15.1 Å². The van der Waals surface area contributed by atoms with E-state index in [0.717, 1.165) is 45.1 Å². The van der Waals surface area contributed by atoms with Crippen molar-refractivity contribution in [1.82, 2.24) is 15.1 Å². The fourth-order valence-electron chi connectivity index (χ4n) is 3.34. The predicted molar refractivity (Wildman–Crippen MR) is 84.3 cm³/mol. The molecule has 0 aromatic heterocycles. The van der Waals surface area contributed by atoms with Gasteiger partial charge in [0.05, 0.1) is 0 Å². The first-order valence-corrected chi connectivity index (χ1v) is 8.58. The van der Waals surface area contributed by atoms with Crippen molar-refractivity contribution in [3.05, 3.63) is 0 Å². The molecule has 0 bridgehead atoms. The van der Waals surface area contributed by atoms with Gasteiger partial charge in [0.15, 0.2) is 0 Å². The molecule has 0 saturated carbocycles. The van der Waals surface area contributed by atoms with Gasteiger partial charge in [-0.15, -0.1) is 0 Å². The minimum Gasteiger partial charge on any atom is -0.381 e. The van der Waals surface area contributed by atoms with Gasteiger partial charge in [-0.1, -0.05) is 0 Å². The summed E-state index contributed by atoms with van der Waals surface area (Å²) in [4.78, 5) is 15.3. The number of hydrogen-bond acceptors (Lipinski definition) is 4. The summed E-state index contributed by atoms with van der Waals surface area (Å²) in [5.74, 6) is 0.908. The molecule has 1 N–H and O–H groups in total. The second-order valence-corrected chi connectivity index (χ2v) is 6.31. The number of ether oxygens (including phenoxy) is 1. The van der Waals surface area contributed by atoms with Gasteiger partial charge in [0.1, 0.15) is 0 Å². The van der Waals surface area contributed by atoms with Crippen molar-refractivity contribution < 1.29 is 9.53 Å². The zero-order valence-electron chi connectivity index (χ0n) is 13.3. The Bertz CT molecular complexity index is 275. The highest BCUT2D eigenvalue weighted by atomic mass is 16.5. The number of nitrogens with one attached hydrogen (secondary N) is 1. The summed E-state index contributed by atoms with van der Waals surface area (Å²) >= 11 is 0. The van der Waals surface area contributed by atoms with E-state index in [0.29, 0.717) is 0 Å². The van der Waals surface area contributed by atoms with Gasteiger partial charge in [0.25, 0.3) is 0 Å². The number of rotatable bonds is 9. The maximum absolute atomic E-state index is 10.2. The summed E-state index contributed by atoms with van der Waals surface area (Å²) in [5, 5.41) is 2.73. The molecule has 0 radical (unpaired) electrons. The number of hydrogen-bond donors (Lipinski definition) is 1. The summed E-state index contributed by atoms with van der Waals surface area (Å²) in [6.07, 6.45) is 7.10. The molecule has 0 aromatic carbocycles. The normalized spacial score (nSPS) is 22.3. The largest absolute Gasteiger partial charge is 0.381 e. The Morgan fingerprint density at radius 1 is 1.00 bits per heavy atom. The van der Waals surface area contributed by atoms with Crippen molar-refractivity contribution in [1.29, 1.82) is 0 Å². The Balaban J connectivity index is 1.47. The molecule has 2 fully saturated rings. The topological polar surface area (TPSA) is 44.8 Å². The lowest BCUT2D eigenvalue weighted by molar-refractivity contribution is -0.109. The van der Waals surface area contributed by atoms with Gasteiger partial charge >= 0.3 is 0 Å². The maximum atomic E-state index is 10.2. The van der Waals surface area contributed by atoms with Gasteiger partial charge in [-0.2, -0.15) is 0 Å². The van der Waals surface area contributed by atoms with Crippen LogP contribution in [0.3, 0.4) is 0 Å². The molecule has 2 rings (SSSR count). The van der Waals surface area contributed by atoms with E-state index in [4.69, 9.17) is 4.74 Å². The molecule has 0 atom stereocenters. The number of amides is 1. The average molecular weight is 297 g/mol. The smallest absolute Gasteiger partial charge is 0.207 e. The molecule has 122 valence electrons. The molecule has 0 aliphatic carbocycles. The first-order valence-electron chi connectivity index (χ1n) is 8.58. The Kier molecular flexibility index (Phi) is 8.07. The lowest BCUT2D eigenvalue weighted by Crippen LogP contribution is -2.47. The Labute approximate surface area is 129 Å². The highest BCUT2D eigenvalue weighted by Crippen LogP contribution is 2.20. The van der Waals surface area contributed by atoms with Gasteiger partial charge in [-0.05, 0) is 51.1 Å². The highest BCUT2D eigenvalue weighted by molar-refractivity contribution is 5.45. The molecular weight excluding hydrogens is 266 g/mol. The molecule has 2 aliphatic rings. The molecule has 2 saturated heterocycles.